The van der Waals surface area contributed by atoms with Crippen LogP contribution in [0, 0.1) is 6.92 Å². The Labute approximate surface area is 160 Å². The molecule has 0 unspecified atom stereocenters. The molecule has 0 spiro atoms. The lowest BCUT2D eigenvalue weighted by Gasteiger charge is -2.11. The molecule has 28 heavy (non-hydrogen) atoms. The topological polar surface area (TPSA) is 110 Å². The number of benzene rings is 3. The van der Waals surface area contributed by atoms with Crippen LogP contribution in [-0.2, 0) is 0 Å². The number of carbonyl (C=O) groups excluding carboxylic acids is 2. The summed E-state index contributed by atoms with van der Waals surface area (Å²) in [6.07, 6.45) is -1.75. The van der Waals surface area contributed by atoms with Crippen LogP contribution < -0.4 is 20.9 Å². The number of nitrogens with zero attached hydrogens (tertiary/aromatic N) is 1. The van der Waals surface area contributed by atoms with Gasteiger partial charge in [-0.1, -0.05) is 18.2 Å². The molecule has 7 heteroatoms. The Morgan fingerprint density at radius 3 is 2.25 bits per heavy atom. The molecule has 1 heterocycles. The number of hydrogen-bond acceptors (Lipinski definition) is 4. The minimum Gasteiger partial charge on any atom is -0.410 e. The Kier molecular flexibility index (Phi) is 4.12. The molecular weight excluding hydrogens is 358 g/mol. The molecule has 1 aromatic heterocycles. The fourth-order valence-electron chi connectivity index (χ4n) is 3.48. The number of aryl methyl sites for hydroxylation is 1. The highest BCUT2D eigenvalue weighted by molar-refractivity contribution is 6.11. The van der Waals surface area contributed by atoms with Crippen LogP contribution in [0.2, 0.25) is 0 Å². The number of rotatable bonds is 3. The predicted molar refractivity (Wildman–Crippen MR) is 106 cm³/mol. The first-order valence-corrected chi connectivity index (χ1v) is 8.53. The summed E-state index contributed by atoms with van der Waals surface area (Å²) in [7, 11) is 0. The maximum absolute atomic E-state index is 11.3. The number of nitrogens with two attached hydrogens (primary N) is 2. The van der Waals surface area contributed by atoms with E-state index in [1.54, 1.807) is 18.2 Å². The molecule has 140 valence electrons. The molecule has 0 atom stereocenters. The Morgan fingerprint density at radius 2 is 1.57 bits per heavy atom. The predicted octanol–water partition coefficient (Wildman–Crippen LogP) is 4.01. The molecule has 0 aliphatic carbocycles. The smallest absolute Gasteiger partial charge is 0.409 e. The van der Waals surface area contributed by atoms with E-state index < -0.39 is 12.2 Å². The lowest BCUT2D eigenvalue weighted by molar-refractivity contribution is 0.209. The van der Waals surface area contributed by atoms with Crippen LogP contribution >= 0.6 is 0 Å². The molecule has 3 aromatic carbocycles. The van der Waals surface area contributed by atoms with Crippen LogP contribution in [0.5, 0.6) is 11.5 Å². The van der Waals surface area contributed by atoms with Crippen LogP contribution in [0.15, 0.2) is 60.7 Å². The van der Waals surface area contributed by atoms with Gasteiger partial charge >= 0.3 is 12.2 Å². The van der Waals surface area contributed by atoms with Crippen molar-refractivity contribution in [3.05, 3.63) is 66.2 Å². The summed E-state index contributed by atoms with van der Waals surface area (Å²) in [4.78, 5) is 22.4. The lowest BCUT2D eigenvalue weighted by Crippen LogP contribution is -2.16. The molecule has 0 fully saturated rings. The van der Waals surface area contributed by atoms with Crippen molar-refractivity contribution in [1.29, 1.82) is 0 Å². The second-order valence-electron chi connectivity index (χ2n) is 6.28. The van der Waals surface area contributed by atoms with Crippen molar-refractivity contribution in [3.63, 3.8) is 0 Å². The molecule has 2 amide bonds. The minimum atomic E-state index is -0.875. The number of fused-ring (bicyclic) bond motifs is 3. The highest BCUT2D eigenvalue weighted by Gasteiger charge is 2.18. The summed E-state index contributed by atoms with van der Waals surface area (Å²) >= 11 is 0. The normalized spacial score (nSPS) is 10.9. The number of carbonyl (C=O) groups is 2. The van der Waals surface area contributed by atoms with Crippen LogP contribution in [0.1, 0.15) is 5.56 Å². The molecule has 0 saturated carbocycles. The highest BCUT2D eigenvalue weighted by Crippen LogP contribution is 2.38. The van der Waals surface area contributed by atoms with Crippen LogP contribution in [0.25, 0.3) is 27.5 Å². The number of primary amides is 2. The van der Waals surface area contributed by atoms with Crippen molar-refractivity contribution in [3.8, 4) is 17.2 Å². The van der Waals surface area contributed by atoms with Crippen molar-refractivity contribution in [2.45, 2.75) is 6.92 Å². The van der Waals surface area contributed by atoms with E-state index in [9.17, 15) is 9.59 Å². The van der Waals surface area contributed by atoms with Crippen molar-refractivity contribution in [1.82, 2.24) is 4.57 Å². The first-order valence-electron chi connectivity index (χ1n) is 8.53. The van der Waals surface area contributed by atoms with E-state index in [4.69, 9.17) is 20.9 Å². The largest absolute Gasteiger partial charge is 0.410 e. The van der Waals surface area contributed by atoms with Gasteiger partial charge in [0.2, 0.25) is 0 Å². The Hall–Kier alpha value is -4.00. The molecule has 0 aliphatic rings. The van der Waals surface area contributed by atoms with Gasteiger partial charge in [-0.3, -0.25) is 0 Å². The summed E-state index contributed by atoms with van der Waals surface area (Å²) in [5.74, 6) is 0.732. The Bertz CT molecular complexity index is 1230. The van der Waals surface area contributed by atoms with Gasteiger partial charge in [-0.05, 0) is 49.4 Å². The number of ether oxygens (including phenoxy) is 2. The van der Waals surface area contributed by atoms with E-state index >= 15 is 0 Å². The molecule has 4 rings (SSSR count). The molecule has 7 nitrogen and oxygen atoms in total. The van der Waals surface area contributed by atoms with E-state index in [-0.39, 0.29) is 0 Å². The van der Waals surface area contributed by atoms with E-state index in [0.717, 1.165) is 33.1 Å². The van der Waals surface area contributed by atoms with Gasteiger partial charge in [-0.15, -0.1) is 0 Å². The summed E-state index contributed by atoms with van der Waals surface area (Å²) in [6.45, 7) is 1.86. The van der Waals surface area contributed by atoms with Crippen molar-refractivity contribution < 1.29 is 19.1 Å². The van der Waals surface area contributed by atoms with E-state index in [2.05, 4.69) is 4.57 Å². The average Bonchev–Trinajstić information content (AvgIpc) is 2.98. The highest BCUT2D eigenvalue weighted by atomic mass is 16.6. The van der Waals surface area contributed by atoms with Crippen LogP contribution in [-0.4, -0.2) is 16.8 Å². The van der Waals surface area contributed by atoms with Crippen LogP contribution in [0.4, 0.5) is 9.59 Å². The Balaban J connectivity index is 2.09. The molecule has 4 aromatic rings. The molecular formula is C21H17N3O4. The van der Waals surface area contributed by atoms with Crippen LogP contribution in [0.3, 0.4) is 0 Å². The van der Waals surface area contributed by atoms with Crippen molar-refractivity contribution in [2.24, 2.45) is 11.5 Å². The van der Waals surface area contributed by atoms with E-state index in [1.807, 2.05) is 49.4 Å². The quantitative estimate of drug-likeness (QED) is 0.564. The third-order valence-electron chi connectivity index (χ3n) is 4.55. The van der Waals surface area contributed by atoms with E-state index in [0.29, 0.717) is 11.5 Å². The number of para-hydroxylation sites is 1. The maximum Gasteiger partial charge on any atom is 0.409 e. The third-order valence-corrected chi connectivity index (χ3v) is 4.55. The van der Waals surface area contributed by atoms with E-state index in [1.165, 1.54) is 0 Å². The van der Waals surface area contributed by atoms with Crippen molar-refractivity contribution >= 4 is 34.0 Å². The SMILES string of the molecule is Cc1c(OC(N)=O)ccc2c3cc(OC(N)=O)ccc3n(-c3ccccc3)c12. The summed E-state index contributed by atoms with van der Waals surface area (Å²) in [6, 6.07) is 18.6. The standard InChI is InChI=1S/C21H17N3O4/c1-12-18(28-21(23)26)10-8-15-16-11-14(27-20(22)25)7-9-17(16)24(19(12)15)13-5-3-2-4-6-13/h2-11H,1H3,(H2,22,25)(H2,23,26). The second kappa shape index (κ2) is 6.62. The molecule has 0 saturated heterocycles. The zero-order valence-corrected chi connectivity index (χ0v) is 15.0. The summed E-state index contributed by atoms with van der Waals surface area (Å²) < 4.78 is 12.2. The van der Waals surface area contributed by atoms with Gasteiger partial charge in [0.1, 0.15) is 11.5 Å². The van der Waals surface area contributed by atoms with Gasteiger partial charge in [0, 0.05) is 22.0 Å². The first kappa shape index (κ1) is 17.4. The molecule has 4 N–H and O–H groups in total. The average molecular weight is 375 g/mol. The Morgan fingerprint density at radius 1 is 0.857 bits per heavy atom. The number of hydrogen-bond donors (Lipinski definition) is 2. The van der Waals surface area contributed by atoms with Gasteiger partial charge in [0.15, 0.2) is 0 Å². The number of aromatic nitrogens is 1. The van der Waals surface area contributed by atoms with Gasteiger partial charge in [-0.2, -0.15) is 0 Å². The fraction of sp³-hybridized carbons (Fsp3) is 0.0476. The van der Waals surface area contributed by atoms with Crippen molar-refractivity contribution in [2.75, 3.05) is 0 Å². The molecule has 0 radical (unpaired) electrons. The molecule has 0 bridgehead atoms. The fourth-order valence-corrected chi connectivity index (χ4v) is 3.48. The van der Waals surface area contributed by atoms with Gasteiger partial charge in [0.05, 0.1) is 11.0 Å². The second-order valence-corrected chi connectivity index (χ2v) is 6.28. The lowest BCUT2D eigenvalue weighted by atomic mass is 10.1. The minimum absolute atomic E-state index is 0.349. The zero-order chi connectivity index (χ0) is 19.8. The van der Waals surface area contributed by atoms with Gasteiger partial charge in [0.25, 0.3) is 0 Å². The maximum atomic E-state index is 11.3. The molecule has 0 aliphatic heterocycles. The summed E-state index contributed by atoms with van der Waals surface area (Å²) in [5, 5.41) is 1.77. The summed E-state index contributed by atoms with van der Waals surface area (Å²) in [5.41, 5.74) is 13.8. The first-order chi connectivity index (χ1) is 13.5. The van der Waals surface area contributed by atoms with Gasteiger partial charge < -0.3 is 25.5 Å². The zero-order valence-electron chi connectivity index (χ0n) is 15.0. The third kappa shape index (κ3) is 2.88. The monoisotopic (exact) mass is 375 g/mol. The van der Waals surface area contributed by atoms with Gasteiger partial charge in [-0.25, -0.2) is 9.59 Å². The number of amides is 2.